The van der Waals surface area contributed by atoms with E-state index in [4.69, 9.17) is 4.74 Å². The van der Waals surface area contributed by atoms with Crippen LogP contribution in [0.5, 0.6) is 5.75 Å². The first-order chi connectivity index (χ1) is 11.8. The van der Waals surface area contributed by atoms with Gasteiger partial charge in [-0.3, -0.25) is 9.69 Å². The maximum atomic E-state index is 12.5. The van der Waals surface area contributed by atoms with Crippen molar-refractivity contribution in [1.82, 2.24) is 4.98 Å². The average molecular weight is 346 g/mol. The minimum Gasteiger partial charge on any atom is -0.492 e. The molecule has 1 amide bonds. The van der Waals surface area contributed by atoms with E-state index in [0.717, 1.165) is 23.6 Å². The first-order valence-corrected chi connectivity index (χ1v) is 9.46. The number of fused-ring (bicyclic) bond motifs is 1. The number of rotatable bonds is 6. The van der Waals surface area contributed by atoms with Crippen molar-refractivity contribution < 1.29 is 14.6 Å². The van der Waals surface area contributed by atoms with Crippen molar-refractivity contribution in [2.75, 3.05) is 11.5 Å². The Kier molecular flexibility index (Phi) is 5.05. The number of amides is 1. The van der Waals surface area contributed by atoms with Gasteiger partial charge in [-0.2, -0.15) is 0 Å². The molecule has 1 aromatic rings. The lowest BCUT2D eigenvalue weighted by Gasteiger charge is -2.51. The topological polar surface area (TPSA) is 62.7 Å². The molecule has 1 aromatic heterocycles. The number of aromatic nitrogens is 1. The smallest absolute Gasteiger partial charge is 0.228 e. The molecule has 0 radical (unpaired) electrons. The zero-order valence-electron chi connectivity index (χ0n) is 15.8. The molecular weight excluding hydrogens is 316 g/mol. The zero-order chi connectivity index (χ0) is 18.2. The number of carbonyl (C=O) groups excluding carboxylic acids is 1. The monoisotopic (exact) mass is 346 g/mol. The van der Waals surface area contributed by atoms with E-state index in [1.165, 1.54) is 0 Å². The van der Waals surface area contributed by atoms with Gasteiger partial charge in [-0.25, -0.2) is 4.98 Å². The summed E-state index contributed by atoms with van der Waals surface area (Å²) in [5.74, 6) is 2.46. The Labute approximate surface area is 150 Å². The van der Waals surface area contributed by atoms with Gasteiger partial charge in [0.1, 0.15) is 11.6 Å². The molecule has 0 unspecified atom stereocenters. The number of aliphatic hydroxyl groups is 1. The van der Waals surface area contributed by atoms with Crippen molar-refractivity contribution in [1.29, 1.82) is 0 Å². The van der Waals surface area contributed by atoms with Crippen molar-refractivity contribution in [2.24, 2.45) is 11.8 Å². The van der Waals surface area contributed by atoms with Gasteiger partial charge in [-0.1, -0.05) is 27.7 Å². The molecule has 1 fully saturated rings. The van der Waals surface area contributed by atoms with Gasteiger partial charge in [0, 0.05) is 12.5 Å². The van der Waals surface area contributed by atoms with E-state index in [0.29, 0.717) is 38.2 Å². The highest BCUT2D eigenvalue weighted by Gasteiger charge is 2.49. The molecule has 1 aliphatic heterocycles. The Bertz CT molecular complexity index is 636. The number of pyridine rings is 1. The van der Waals surface area contributed by atoms with E-state index < -0.39 is 5.60 Å². The lowest BCUT2D eigenvalue weighted by Crippen LogP contribution is -2.60. The van der Waals surface area contributed by atoms with Gasteiger partial charge in [-0.05, 0) is 49.1 Å². The minimum atomic E-state index is -0.650. The molecule has 5 nitrogen and oxygen atoms in total. The number of hydrogen-bond donors (Lipinski definition) is 1. The fourth-order valence-corrected chi connectivity index (χ4v) is 3.64. The molecule has 1 N–H and O–H groups in total. The van der Waals surface area contributed by atoms with Gasteiger partial charge in [0.25, 0.3) is 0 Å². The highest BCUT2D eigenvalue weighted by molar-refractivity contribution is 5.96. The van der Waals surface area contributed by atoms with Crippen molar-refractivity contribution in [3.05, 3.63) is 17.8 Å². The fraction of sp³-hybridized carbons (Fsp3) is 0.700. The number of carbonyl (C=O) groups is 1. The average Bonchev–Trinajstić information content (AvgIpc) is 2.52. The summed E-state index contributed by atoms with van der Waals surface area (Å²) in [6.45, 7) is 9.09. The van der Waals surface area contributed by atoms with E-state index in [1.807, 2.05) is 24.8 Å². The van der Waals surface area contributed by atoms with Crippen molar-refractivity contribution in [3.63, 3.8) is 0 Å². The van der Waals surface area contributed by atoms with E-state index in [9.17, 15) is 9.90 Å². The van der Waals surface area contributed by atoms with E-state index in [2.05, 4.69) is 18.8 Å². The SMILES string of the molecule is CC(C)CCOc1cnc2c(c1)CCC(=O)N2C1CC(O)(C(C)C)C1. The second-order valence-electron chi connectivity index (χ2n) is 8.27. The van der Waals surface area contributed by atoms with Crippen LogP contribution in [0.4, 0.5) is 5.82 Å². The maximum absolute atomic E-state index is 12.5. The number of ether oxygens (including phenoxy) is 1. The molecule has 5 heteroatoms. The van der Waals surface area contributed by atoms with Gasteiger partial charge >= 0.3 is 0 Å². The predicted molar refractivity (Wildman–Crippen MR) is 97.8 cm³/mol. The Hall–Kier alpha value is -1.62. The lowest BCUT2D eigenvalue weighted by molar-refractivity contribution is -0.124. The molecule has 1 saturated carbocycles. The molecule has 138 valence electrons. The predicted octanol–water partition coefficient (Wildman–Crippen LogP) is 3.34. The molecule has 3 rings (SSSR count). The highest BCUT2D eigenvalue weighted by atomic mass is 16.5. The van der Waals surface area contributed by atoms with E-state index >= 15 is 0 Å². The maximum Gasteiger partial charge on any atom is 0.228 e. The molecule has 25 heavy (non-hydrogen) atoms. The first kappa shape index (κ1) is 18.2. The minimum absolute atomic E-state index is 0.0548. The molecule has 2 aliphatic rings. The van der Waals surface area contributed by atoms with Gasteiger partial charge in [0.05, 0.1) is 18.4 Å². The van der Waals surface area contributed by atoms with Crippen LogP contribution in [0.1, 0.15) is 58.9 Å². The Morgan fingerprint density at radius 3 is 2.68 bits per heavy atom. The fourth-order valence-electron chi connectivity index (χ4n) is 3.64. The molecule has 0 bridgehead atoms. The van der Waals surface area contributed by atoms with Crippen molar-refractivity contribution in [3.8, 4) is 5.75 Å². The summed E-state index contributed by atoms with van der Waals surface area (Å²) in [5, 5.41) is 10.5. The highest BCUT2D eigenvalue weighted by Crippen LogP contribution is 2.44. The molecule has 0 spiro atoms. The normalized spacial score (nSPS) is 26.0. The Balaban J connectivity index is 1.72. The summed E-state index contributed by atoms with van der Waals surface area (Å²) >= 11 is 0. The van der Waals surface area contributed by atoms with Gasteiger partial charge in [0.2, 0.25) is 5.91 Å². The van der Waals surface area contributed by atoms with Crippen molar-refractivity contribution >= 4 is 11.7 Å². The lowest BCUT2D eigenvalue weighted by atomic mass is 9.68. The molecule has 1 aliphatic carbocycles. The summed E-state index contributed by atoms with van der Waals surface area (Å²) in [5.41, 5.74) is 0.421. The molecule has 0 aromatic carbocycles. The van der Waals surface area contributed by atoms with Crippen LogP contribution in [0.25, 0.3) is 0 Å². The second-order valence-corrected chi connectivity index (χ2v) is 8.27. The third kappa shape index (κ3) is 3.66. The molecular formula is C20H30N2O3. The summed E-state index contributed by atoms with van der Waals surface area (Å²) in [4.78, 5) is 18.8. The zero-order valence-corrected chi connectivity index (χ0v) is 15.8. The number of hydrogen-bond acceptors (Lipinski definition) is 4. The molecule has 2 heterocycles. The first-order valence-electron chi connectivity index (χ1n) is 9.46. The third-order valence-electron chi connectivity index (χ3n) is 5.60. The van der Waals surface area contributed by atoms with Crippen LogP contribution < -0.4 is 9.64 Å². The van der Waals surface area contributed by atoms with Crippen LogP contribution in [0.15, 0.2) is 12.3 Å². The third-order valence-corrected chi connectivity index (χ3v) is 5.60. The van der Waals surface area contributed by atoms with E-state index in [-0.39, 0.29) is 17.9 Å². The number of anilines is 1. The molecule has 0 saturated heterocycles. The standard InChI is InChI=1S/C20H30N2O3/c1-13(2)7-8-25-17-9-15-5-6-18(23)22(19(15)21-12-17)16-10-20(24,11-16)14(3)4/h9,12-14,16,24H,5-8,10-11H2,1-4H3. The van der Waals surface area contributed by atoms with Crippen LogP contribution in [0.2, 0.25) is 0 Å². The summed E-state index contributed by atoms with van der Waals surface area (Å²) in [7, 11) is 0. The number of aryl methyl sites for hydroxylation is 1. The van der Waals surface area contributed by atoms with Gasteiger partial charge in [0.15, 0.2) is 0 Å². The van der Waals surface area contributed by atoms with Crippen LogP contribution in [-0.2, 0) is 11.2 Å². The van der Waals surface area contributed by atoms with E-state index in [1.54, 1.807) is 6.20 Å². The molecule has 0 atom stereocenters. The van der Waals surface area contributed by atoms with Crippen molar-refractivity contribution in [2.45, 2.75) is 71.4 Å². The Morgan fingerprint density at radius 2 is 2.04 bits per heavy atom. The largest absolute Gasteiger partial charge is 0.492 e. The van der Waals surface area contributed by atoms with Crippen LogP contribution in [-0.4, -0.2) is 34.2 Å². The van der Waals surface area contributed by atoms with Crippen LogP contribution in [0, 0.1) is 11.8 Å². The van der Waals surface area contributed by atoms with Crippen LogP contribution in [0.3, 0.4) is 0 Å². The Morgan fingerprint density at radius 1 is 1.32 bits per heavy atom. The van der Waals surface area contributed by atoms with Gasteiger partial charge in [-0.15, -0.1) is 0 Å². The second kappa shape index (κ2) is 6.94. The summed E-state index contributed by atoms with van der Waals surface area (Å²) in [6, 6.07) is 2.08. The van der Waals surface area contributed by atoms with Crippen LogP contribution >= 0.6 is 0 Å². The van der Waals surface area contributed by atoms with Gasteiger partial charge < -0.3 is 9.84 Å². The number of nitrogens with zero attached hydrogens (tertiary/aromatic N) is 2. The summed E-state index contributed by atoms with van der Waals surface area (Å²) in [6.07, 6.45) is 5.20. The quantitative estimate of drug-likeness (QED) is 0.858. The summed E-state index contributed by atoms with van der Waals surface area (Å²) < 4.78 is 5.80.